The summed E-state index contributed by atoms with van der Waals surface area (Å²) in [5.41, 5.74) is 2.42. The van der Waals surface area contributed by atoms with Crippen molar-refractivity contribution in [3.05, 3.63) is 59.7 Å². The van der Waals surface area contributed by atoms with Crippen molar-refractivity contribution in [1.29, 1.82) is 0 Å². The molecule has 0 atom stereocenters. The first-order valence-electron chi connectivity index (χ1n) is 6.86. The molecule has 116 valence electrons. The van der Waals surface area contributed by atoms with Crippen LogP contribution in [0.3, 0.4) is 0 Å². The van der Waals surface area contributed by atoms with Crippen LogP contribution in [-0.2, 0) is 16.4 Å². The monoisotopic (exact) mass is 318 g/mol. The number of hydrogen-bond acceptors (Lipinski definition) is 3. The average Bonchev–Trinajstić information content (AvgIpc) is 2.48. The van der Waals surface area contributed by atoms with Gasteiger partial charge in [0, 0.05) is 5.56 Å². The molecular weight excluding hydrogens is 300 g/mol. The third-order valence-electron chi connectivity index (χ3n) is 3.09. The van der Waals surface area contributed by atoms with E-state index in [1.54, 1.807) is 36.4 Å². The van der Waals surface area contributed by atoms with E-state index < -0.39 is 10.0 Å². The topological polar surface area (TPSA) is 75.3 Å². The second kappa shape index (κ2) is 6.62. The molecule has 0 spiro atoms. The Morgan fingerprint density at radius 3 is 2.14 bits per heavy atom. The van der Waals surface area contributed by atoms with Crippen LogP contribution in [0.4, 0.5) is 11.4 Å². The molecule has 5 nitrogen and oxygen atoms in total. The number of carbonyl (C=O) groups is 1. The zero-order chi connectivity index (χ0) is 16.2. The fourth-order valence-corrected chi connectivity index (χ4v) is 2.54. The maximum atomic E-state index is 12.2. The molecule has 2 rings (SSSR count). The highest BCUT2D eigenvalue weighted by Gasteiger charge is 2.11. The zero-order valence-electron chi connectivity index (χ0n) is 12.5. The van der Waals surface area contributed by atoms with E-state index >= 15 is 0 Å². The molecule has 0 unspecified atom stereocenters. The summed E-state index contributed by atoms with van der Waals surface area (Å²) in [5, 5.41) is 2.72. The standard InChI is InChI=1S/C16H18N2O3S/c1-3-12-8-10-13(11-9-12)16(19)17-14-6-4-5-7-15(14)18-22(2,20)21/h4-11,18H,3H2,1-2H3,(H,17,19). The normalized spacial score (nSPS) is 11.0. The summed E-state index contributed by atoms with van der Waals surface area (Å²) in [5.74, 6) is -0.287. The highest BCUT2D eigenvalue weighted by molar-refractivity contribution is 7.92. The summed E-state index contributed by atoms with van der Waals surface area (Å²) in [6.07, 6.45) is 1.97. The average molecular weight is 318 g/mol. The van der Waals surface area contributed by atoms with Crippen LogP contribution < -0.4 is 10.0 Å². The number of aryl methyl sites for hydroxylation is 1. The first-order chi connectivity index (χ1) is 10.4. The lowest BCUT2D eigenvalue weighted by Gasteiger charge is -2.12. The van der Waals surface area contributed by atoms with Gasteiger partial charge in [-0.2, -0.15) is 0 Å². The minimum absolute atomic E-state index is 0.287. The summed E-state index contributed by atoms with van der Waals surface area (Å²) in [4.78, 5) is 12.2. The largest absolute Gasteiger partial charge is 0.320 e. The van der Waals surface area contributed by atoms with Crippen molar-refractivity contribution in [3.8, 4) is 0 Å². The van der Waals surface area contributed by atoms with Gasteiger partial charge in [0.25, 0.3) is 5.91 Å². The van der Waals surface area contributed by atoms with E-state index in [2.05, 4.69) is 10.0 Å². The second-order valence-electron chi connectivity index (χ2n) is 4.92. The number of benzene rings is 2. The smallest absolute Gasteiger partial charge is 0.255 e. The van der Waals surface area contributed by atoms with Crippen LogP contribution >= 0.6 is 0 Å². The minimum atomic E-state index is -3.41. The van der Waals surface area contributed by atoms with Gasteiger partial charge in [-0.3, -0.25) is 9.52 Å². The SMILES string of the molecule is CCc1ccc(C(=O)Nc2ccccc2NS(C)(=O)=O)cc1. The summed E-state index contributed by atoms with van der Waals surface area (Å²) < 4.78 is 25.1. The van der Waals surface area contributed by atoms with Gasteiger partial charge < -0.3 is 5.32 Å². The molecule has 0 saturated carbocycles. The van der Waals surface area contributed by atoms with E-state index in [4.69, 9.17) is 0 Å². The molecule has 0 radical (unpaired) electrons. The maximum absolute atomic E-state index is 12.2. The number of para-hydroxylation sites is 2. The summed E-state index contributed by atoms with van der Waals surface area (Å²) >= 11 is 0. The number of rotatable bonds is 5. The molecular formula is C16H18N2O3S. The molecule has 2 aromatic carbocycles. The Kier molecular flexibility index (Phi) is 4.82. The zero-order valence-corrected chi connectivity index (χ0v) is 13.3. The van der Waals surface area contributed by atoms with Gasteiger partial charge in [-0.15, -0.1) is 0 Å². The van der Waals surface area contributed by atoms with Gasteiger partial charge in [0.2, 0.25) is 10.0 Å². The van der Waals surface area contributed by atoms with Crippen molar-refractivity contribution in [2.75, 3.05) is 16.3 Å². The van der Waals surface area contributed by atoms with Gasteiger partial charge in [0.05, 0.1) is 17.6 Å². The fourth-order valence-electron chi connectivity index (χ4n) is 1.97. The minimum Gasteiger partial charge on any atom is -0.320 e. The Labute approximate surface area is 130 Å². The van der Waals surface area contributed by atoms with Gasteiger partial charge in [-0.25, -0.2) is 8.42 Å². The van der Waals surface area contributed by atoms with Crippen molar-refractivity contribution in [2.24, 2.45) is 0 Å². The van der Waals surface area contributed by atoms with Crippen LogP contribution in [0.1, 0.15) is 22.8 Å². The van der Waals surface area contributed by atoms with Gasteiger partial charge >= 0.3 is 0 Å². The van der Waals surface area contributed by atoms with Gasteiger partial charge in [0.1, 0.15) is 0 Å². The van der Waals surface area contributed by atoms with Crippen molar-refractivity contribution in [3.63, 3.8) is 0 Å². The molecule has 2 aromatic rings. The summed E-state index contributed by atoms with van der Waals surface area (Å²) in [7, 11) is -3.41. The molecule has 0 aliphatic carbocycles. The second-order valence-corrected chi connectivity index (χ2v) is 6.67. The number of nitrogens with one attached hydrogen (secondary N) is 2. The van der Waals surface area contributed by atoms with Crippen molar-refractivity contribution in [1.82, 2.24) is 0 Å². The number of carbonyl (C=O) groups excluding carboxylic acids is 1. The van der Waals surface area contributed by atoms with Gasteiger partial charge in [-0.1, -0.05) is 31.2 Å². The van der Waals surface area contributed by atoms with Crippen LogP contribution in [0.2, 0.25) is 0 Å². The molecule has 1 amide bonds. The third kappa shape index (κ3) is 4.33. The van der Waals surface area contributed by atoms with Crippen LogP contribution in [-0.4, -0.2) is 20.6 Å². The Hall–Kier alpha value is -2.34. The molecule has 6 heteroatoms. The maximum Gasteiger partial charge on any atom is 0.255 e. The predicted molar refractivity (Wildman–Crippen MR) is 88.7 cm³/mol. The molecule has 0 aliphatic rings. The van der Waals surface area contributed by atoms with E-state index in [-0.39, 0.29) is 5.91 Å². The Morgan fingerprint density at radius 1 is 1.00 bits per heavy atom. The molecule has 0 aromatic heterocycles. The lowest BCUT2D eigenvalue weighted by atomic mass is 10.1. The number of amides is 1. The number of anilines is 2. The van der Waals surface area contributed by atoms with E-state index in [0.717, 1.165) is 18.2 Å². The summed E-state index contributed by atoms with van der Waals surface area (Å²) in [6, 6.07) is 14.0. The van der Waals surface area contributed by atoms with Crippen LogP contribution in [0.5, 0.6) is 0 Å². The molecule has 0 fully saturated rings. The van der Waals surface area contributed by atoms with Crippen LogP contribution in [0.25, 0.3) is 0 Å². The quantitative estimate of drug-likeness (QED) is 0.890. The van der Waals surface area contributed by atoms with Crippen molar-refractivity contribution in [2.45, 2.75) is 13.3 Å². The fraction of sp³-hybridized carbons (Fsp3) is 0.188. The lowest BCUT2D eigenvalue weighted by molar-refractivity contribution is 0.102. The molecule has 22 heavy (non-hydrogen) atoms. The Balaban J connectivity index is 2.21. The van der Waals surface area contributed by atoms with E-state index in [1.807, 2.05) is 19.1 Å². The molecule has 0 aliphatic heterocycles. The van der Waals surface area contributed by atoms with E-state index in [1.165, 1.54) is 0 Å². The van der Waals surface area contributed by atoms with Gasteiger partial charge in [-0.05, 0) is 36.2 Å². The van der Waals surface area contributed by atoms with E-state index in [9.17, 15) is 13.2 Å². The summed E-state index contributed by atoms with van der Waals surface area (Å²) in [6.45, 7) is 2.04. The first-order valence-corrected chi connectivity index (χ1v) is 8.75. The number of hydrogen-bond donors (Lipinski definition) is 2. The van der Waals surface area contributed by atoms with Gasteiger partial charge in [0.15, 0.2) is 0 Å². The molecule has 0 saturated heterocycles. The highest BCUT2D eigenvalue weighted by atomic mass is 32.2. The molecule has 2 N–H and O–H groups in total. The van der Waals surface area contributed by atoms with Crippen molar-refractivity contribution < 1.29 is 13.2 Å². The molecule has 0 bridgehead atoms. The molecule has 0 heterocycles. The van der Waals surface area contributed by atoms with E-state index in [0.29, 0.717) is 16.9 Å². The van der Waals surface area contributed by atoms with Crippen molar-refractivity contribution >= 4 is 27.3 Å². The Morgan fingerprint density at radius 2 is 1.59 bits per heavy atom. The number of sulfonamides is 1. The Bertz CT molecular complexity index is 768. The lowest BCUT2D eigenvalue weighted by Crippen LogP contribution is -2.16. The third-order valence-corrected chi connectivity index (χ3v) is 3.69. The first kappa shape index (κ1) is 16.0. The van der Waals surface area contributed by atoms with Crippen LogP contribution in [0.15, 0.2) is 48.5 Å². The van der Waals surface area contributed by atoms with Crippen LogP contribution in [0, 0.1) is 0 Å². The highest BCUT2D eigenvalue weighted by Crippen LogP contribution is 2.22. The predicted octanol–water partition coefficient (Wildman–Crippen LogP) is 2.87.